The van der Waals surface area contributed by atoms with Gasteiger partial charge in [-0.1, -0.05) is 55.3 Å². The zero-order valence-electron chi connectivity index (χ0n) is 23.8. The van der Waals surface area contributed by atoms with Gasteiger partial charge >= 0.3 is 6.18 Å². The van der Waals surface area contributed by atoms with E-state index in [1.54, 1.807) is 36.4 Å². The molecule has 0 aromatic heterocycles. The monoisotopic (exact) mass is 600 g/mol. The molecule has 1 saturated carbocycles. The molecule has 5 rings (SSSR count). The molecule has 2 amide bonds. The number of alkyl halides is 3. The quantitative estimate of drug-likeness (QED) is 0.364. The molecule has 2 aromatic carbocycles. The van der Waals surface area contributed by atoms with Gasteiger partial charge < -0.3 is 10.6 Å². The Morgan fingerprint density at radius 2 is 1.70 bits per heavy atom. The van der Waals surface area contributed by atoms with Crippen LogP contribution in [0.4, 0.5) is 17.6 Å². The lowest BCUT2D eigenvalue weighted by Gasteiger charge is -2.28. The Morgan fingerprint density at radius 3 is 2.37 bits per heavy atom. The highest BCUT2D eigenvalue weighted by Crippen LogP contribution is 2.39. The molecule has 0 bridgehead atoms. The normalized spacial score (nSPS) is 20.5. The Morgan fingerprint density at radius 1 is 0.977 bits per heavy atom. The Hall–Kier alpha value is -3.60. The second kappa shape index (κ2) is 13.4. The van der Waals surface area contributed by atoms with Crippen molar-refractivity contribution in [2.45, 2.75) is 63.7 Å². The van der Waals surface area contributed by atoms with Crippen LogP contribution in [0.1, 0.15) is 61.6 Å². The van der Waals surface area contributed by atoms with Crippen molar-refractivity contribution in [2.75, 3.05) is 19.8 Å². The summed E-state index contributed by atoms with van der Waals surface area (Å²) in [7, 11) is 0. The van der Waals surface area contributed by atoms with Gasteiger partial charge in [-0.2, -0.15) is 13.2 Å². The molecule has 3 aliphatic rings. The highest BCUT2D eigenvalue weighted by Gasteiger charge is 2.41. The van der Waals surface area contributed by atoms with Crippen molar-refractivity contribution in [1.29, 1.82) is 0 Å². The summed E-state index contributed by atoms with van der Waals surface area (Å²) in [4.78, 5) is 47.2. The summed E-state index contributed by atoms with van der Waals surface area (Å²) in [5.41, 5.74) is 1.41. The van der Waals surface area contributed by atoms with Crippen LogP contribution in [-0.2, 0) is 20.8 Å². The SMILES string of the molecule is O=C1Cc2c(F)cccc2C(c2ccccc2)=N[C@@H]1NC(=O)[C@H](CCC(F)(F)F)[C@H](CC1CC1)C(=O)NCN1CCCC1. The van der Waals surface area contributed by atoms with Crippen LogP contribution in [0.3, 0.4) is 0 Å². The van der Waals surface area contributed by atoms with Gasteiger partial charge in [0, 0.05) is 41.4 Å². The number of nitrogens with zero attached hydrogens (tertiary/aromatic N) is 2. The number of carbonyl (C=O) groups is 3. The number of amides is 2. The number of halogens is 4. The van der Waals surface area contributed by atoms with Gasteiger partial charge in [0.1, 0.15) is 5.82 Å². The molecule has 2 aromatic rings. The van der Waals surface area contributed by atoms with E-state index in [1.807, 2.05) is 0 Å². The van der Waals surface area contributed by atoms with E-state index in [1.165, 1.54) is 12.1 Å². The number of benzene rings is 2. The molecule has 7 nitrogen and oxygen atoms in total. The minimum absolute atomic E-state index is 0.133. The maximum absolute atomic E-state index is 14.9. The number of likely N-dealkylation sites (tertiary alicyclic amines) is 1. The first kappa shape index (κ1) is 30.8. The Labute approximate surface area is 248 Å². The van der Waals surface area contributed by atoms with E-state index < -0.39 is 60.4 Å². The van der Waals surface area contributed by atoms with Gasteiger partial charge in [-0.25, -0.2) is 4.39 Å². The number of Topliss-reactive ketones (excluding diaryl/α,β-unsaturated/α-hetero) is 1. The van der Waals surface area contributed by atoms with Crippen LogP contribution in [0.2, 0.25) is 0 Å². The smallest absolute Gasteiger partial charge is 0.343 e. The molecular formula is C32H36F4N4O3. The van der Waals surface area contributed by atoms with Crippen LogP contribution in [0.25, 0.3) is 0 Å². The first-order valence-electron chi connectivity index (χ1n) is 14.9. The van der Waals surface area contributed by atoms with E-state index in [9.17, 15) is 31.9 Å². The summed E-state index contributed by atoms with van der Waals surface area (Å²) in [6.45, 7) is 1.91. The van der Waals surface area contributed by atoms with Crippen molar-refractivity contribution in [3.63, 3.8) is 0 Å². The van der Waals surface area contributed by atoms with E-state index in [4.69, 9.17) is 0 Å². The molecule has 3 atom stereocenters. The third kappa shape index (κ3) is 8.07. The number of carbonyl (C=O) groups excluding carboxylic acids is 3. The molecule has 0 unspecified atom stereocenters. The van der Waals surface area contributed by atoms with E-state index in [0.717, 1.165) is 38.8 Å². The van der Waals surface area contributed by atoms with E-state index in [-0.39, 0.29) is 36.7 Å². The molecule has 2 heterocycles. The lowest BCUT2D eigenvalue weighted by Crippen LogP contribution is -2.49. The van der Waals surface area contributed by atoms with Crippen LogP contribution in [0, 0.1) is 23.6 Å². The summed E-state index contributed by atoms with van der Waals surface area (Å²) < 4.78 is 55.2. The average Bonchev–Trinajstić information content (AvgIpc) is 3.67. The minimum atomic E-state index is -4.54. The first-order valence-corrected chi connectivity index (χ1v) is 14.9. The van der Waals surface area contributed by atoms with Gasteiger partial charge in [-0.05, 0) is 50.8 Å². The standard InChI is InChI=1S/C32H36F4N4O3/c33-26-10-6-9-22-24(26)18-27(41)29(38-28(22)21-7-2-1-3-8-21)39-31(43)23(13-14-32(34,35)36)25(17-20-11-12-20)30(42)37-19-40-15-4-5-16-40/h1-3,6-10,20,23,25,29H,4-5,11-19H2,(H,37,42)(H,39,43)/t23-,25+,29-/m1/s1. The third-order valence-electron chi connectivity index (χ3n) is 8.47. The van der Waals surface area contributed by atoms with Crippen molar-refractivity contribution in [2.24, 2.45) is 22.7 Å². The van der Waals surface area contributed by atoms with Gasteiger partial charge in [-0.3, -0.25) is 24.3 Å². The number of hydrogen-bond donors (Lipinski definition) is 2. The van der Waals surface area contributed by atoms with Gasteiger partial charge in [0.15, 0.2) is 11.9 Å². The van der Waals surface area contributed by atoms with E-state index in [2.05, 4.69) is 20.5 Å². The number of aliphatic imine (C=N–C) groups is 1. The molecule has 0 radical (unpaired) electrons. The predicted molar refractivity (Wildman–Crippen MR) is 153 cm³/mol. The Bertz CT molecular complexity index is 1350. The number of rotatable bonds is 11. The zero-order chi connectivity index (χ0) is 30.6. The molecule has 2 fully saturated rings. The van der Waals surface area contributed by atoms with Crippen molar-refractivity contribution >= 4 is 23.3 Å². The summed E-state index contributed by atoms with van der Waals surface area (Å²) >= 11 is 0. The maximum Gasteiger partial charge on any atom is 0.389 e. The molecule has 230 valence electrons. The largest absolute Gasteiger partial charge is 0.389 e. The van der Waals surface area contributed by atoms with E-state index in [0.29, 0.717) is 11.1 Å². The average molecular weight is 601 g/mol. The molecule has 1 saturated heterocycles. The van der Waals surface area contributed by atoms with Crippen LogP contribution >= 0.6 is 0 Å². The van der Waals surface area contributed by atoms with Crippen LogP contribution in [0.15, 0.2) is 53.5 Å². The first-order chi connectivity index (χ1) is 20.6. The fraction of sp³-hybridized carbons (Fsp3) is 0.500. The molecule has 2 N–H and O–H groups in total. The van der Waals surface area contributed by atoms with Gasteiger partial charge in [-0.15, -0.1) is 0 Å². The number of hydrogen-bond acceptors (Lipinski definition) is 5. The fourth-order valence-electron chi connectivity index (χ4n) is 5.94. The summed E-state index contributed by atoms with van der Waals surface area (Å²) in [5, 5.41) is 5.42. The van der Waals surface area contributed by atoms with Crippen molar-refractivity contribution in [3.8, 4) is 0 Å². The summed E-state index contributed by atoms with van der Waals surface area (Å²) in [5.74, 6) is -4.66. The molecule has 2 aliphatic heterocycles. The van der Waals surface area contributed by atoms with Crippen molar-refractivity contribution < 1.29 is 31.9 Å². The highest BCUT2D eigenvalue weighted by atomic mass is 19.4. The van der Waals surface area contributed by atoms with Crippen LogP contribution in [0.5, 0.6) is 0 Å². The van der Waals surface area contributed by atoms with Crippen LogP contribution < -0.4 is 10.6 Å². The topological polar surface area (TPSA) is 90.9 Å². The molecule has 11 heteroatoms. The fourth-order valence-corrected chi connectivity index (χ4v) is 5.94. The molecular weight excluding hydrogens is 564 g/mol. The Kier molecular flexibility index (Phi) is 9.59. The lowest BCUT2D eigenvalue weighted by atomic mass is 9.82. The van der Waals surface area contributed by atoms with Gasteiger partial charge in [0.25, 0.3) is 0 Å². The number of fused-ring (bicyclic) bond motifs is 1. The van der Waals surface area contributed by atoms with Crippen LogP contribution in [-0.4, -0.2) is 60.3 Å². The second-order valence-electron chi connectivity index (χ2n) is 11.7. The molecule has 1 aliphatic carbocycles. The van der Waals surface area contributed by atoms with Crippen molar-refractivity contribution in [3.05, 3.63) is 71.0 Å². The lowest BCUT2D eigenvalue weighted by molar-refractivity contribution is -0.147. The summed E-state index contributed by atoms with van der Waals surface area (Å²) in [6, 6.07) is 13.2. The maximum atomic E-state index is 14.9. The zero-order valence-corrected chi connectivity index (χ0v) is 23.8. The van der Waals surface area contributed by atoms with Gasteiger partial charge in [0.2, 0.25) is 11.8 Å². The second-order valence-corrected chi connectivity index (χ2v) is 11.7. The van der Waals surface area contributed by atoms with Crippen molar-refractivity contribution in [1.82, 2.24) is 15.5 Å². The number of ketones is 1. The third-order valence-corrected chi connectivity index (χ3v) is 8.47. The van der Waals surface area contributed by atoms with E-state index >= 15 is 0 Å². The Balaban J connectivity index is 1.43. The molecule has 43 heavy (non-hydrogen) atoms. The highest BCUT2D eigenvalue weighted by molar-refractivity contribution is 6.16. The number of nitrogens with one attached hydrogen (secondary N) is 2. The predicted octanol–water partition coefficient (Wildman–Crippen LogP) is 4.78. The van der Waals surface area contributed by atoms with Gasteiger partial charge in [0.05, 0.1) is 12.4 Å². The summed E-state index contributed by atoms with van der Waals surface area (Å²) in [6.07, 6.45) is -4.22. The molecule has 0 spiro atoms. The minimum Gasteiger partial charge on any atom is -0.343 e.